The van der Waals surface area contributed by atoms with Crippen LogP contribution in [0.4, 0.5) is 11.4 Å². The number of aliphatic hydroxyl groups is 1. The van der Waals surface area contributed by atoms with Crippen molar-refractivity contribution in [1.82, 2.24) is 4.90 Å². The summed E-state index contributed by atoms with van der Waals surface area (Å²) in [6, 6.07) is 4.79. The highest BCUT2D eigenvalue weighted by molar-refractivity contribution is 5.59. The number of anilines is 1. The Morgan fingerprint density at radius 1 is 1.56 bits per heavy atom. The number of hydrogen-bond acceptors (Lipinski definition) is 5. The van der Waals surface area contributed by atoms with Crippen LogP contribution in [0.15, 0.2) is 18.2 Å². The van der Waals surface area contributed by atoms with Crippen LogP contribution in [0.1, 0.15) is 18.4 Å². The van der Waals surface area contributed by atoms with Gasteiger partial charge in [0.25, 0.3) is 5.69 Å². The molecule has 0 radical (unpaired) electrons. The predicted molar refractivity (Wildman–Crippen MR) is 68.0 cm³/mol. The zero-order valence-electron chi connectivity index (χ0n) is 10.1. The van der Waals surface area contributed by atoms with Crippen LogP contribution in [-0.2, 0) is 6.54 Å². The Kier molecular flexibility index (Phi) is 3.78. The SMILES string of the molecule is Nc1cc(CN2CCCC(O)C2)ccc1[N+](=O)[O-]. The molecule has 6 nitrogen and oxygen atoms in total. The molecule has 1 aliphatic rings. The van der Waals surface area contributed by atoms with Gasteiger partial charge in [-0.1, -0.05) is 6.07 Å². The number of hydrogen-bond donors (Lipinski definition) is 2. The standard InChI is InChI=1S/C12H17N3O3/c13-11-6-9(3-4-12(11)15(17)18)7-14-5-1-2-10(16)8-14/h3-4,6,10,16H,1-2,5,7-8,13H2. The topological polar surface area (TPSA) is 92.6 Å². The summed E-state index contributed by atoms with van der Waals surface area (Å²) < 4.78 is 0. The van der Waals surface area contributed by atoms with Gasteiger partial charge in [-0.15, -0.1) is 0 Å². The van der Waals surface area contributed by atoms with Crippen molar-refractivity contribution in [2.24, 2.45) is 0 Å². The zero-order valence-corrected chi connectivity index (χ0v) is 10.1. The molecule has 3 N–H and O–H groups in total. The van der Waals surface area contributed by atoms with Crippen LogP contribution in [0.3, 0.4) is 0 Å². The van der Waals surface area contributed by atoms with Crippen LogP contribution in [0.2, 0.25) is 0 Å². The lowest BCUT2D eigenvalue weighted by Crippen LogP contribution is -2.37. The maximum atomic E-state index is 10.6. The summed E-state index contributed by atoms with van der Waals surface area (Å²) in [5, 5.41) is 20.2. The summed E-state index contributed by atoms with van der Waals surface area (Å²) in [4.78, 5) is 12.3. The summed E-state index contributed by atoms with van der Waals surface area (Å²) in [6.07, 6.45) is 1.55. The minimum atomic E-state index is -0.482. The molecule has 1 heterocycles. The van der Waals surface area contributed by atoms with Crippen LogP contribution in [-0.4, -0.2) is 34.1 Å². The summed E-state index contributed by atoms with van der Waals surface area (Å²) in [7, 11) is 0. The first-order valence-electron chi connectivity index (χ1n) is 5.99. The fourth-order valence-corrected chi connectivity index (χ4v) is 2.30. The molecule has 1 atom stereocenters. The molecule has 0 amide bonds. The summed E-state index contributed by atoms with van der Waals surface area (Å²) in [6.45, 7) is 2.25. The predicted octanol–water partition coefficient (Wildman–Crippen LogP) is 1.13. The Hall–Kier alpha value is -1.66. The Morgan fingerprint density at radius 3 is 2.94 bits per heavy atom. The summed E-state index contributed by atoms with van der Waals surface area (Å²) >= 11 is 0. The van der Waals surface area contributed by atoms with Gasteiger partial charge in [-0.05, 0) is 31.0 Å². The maximum Gasteiger partial charge on any atom is 0.292 e. The fraction of sp³-hybridized carbons (Fsp3) is 0.500. The third kappa shape index (κ3) is 2.96. The molecular weight excluding hydrogens is 234 g/mol. The zero-order chi connectivity index (χ0) is 13.1. The average molecular weight is 251 g/mol. The lowest BCUT2D eigenvalue weighted by molar-refractivity contribution is -0.383. The minimum absolute atomic E-state index is 0.0579. The van der Waals surface area contributed by atoms with Gasteiger partial charge in [0.2, 0.25) is 0 Å². The van der Waals surface area contributed by atoms with Gasteiger partial charge in [0.15, 0.2) is 0 Å². The Balaban J connectivity index is 2.05. The highest BCUT2D eigenvalue weighted by Crippen LogP contribution is 2.23. The lowest BCUT2D eigenvalue weighted by atomic mass is 10.1. The van der Waals surface area contributed by atoms with Crippen molar-refractivity contribution in [2.75, 3.05) is 18.8 Å². The molecular formula is C12H17N3O3. The second kappa shape index (κ2) is 5.32. The minimum Gasteiger partial charge on any atom is -0.393 e. The van der Waals surface area contributed by atoms with Crippen LogP contribution in [0.5, 0.6) is 0 Å². The Labute approximate surface area is 105 Å². The van der Waals surface area contributed by atoms with Crippen molar-refractivity contribution >= 4 is 11.4 Å². The van der Waals surface area contributed by atoms with E-state index in [2.05, 4.69) is 4.90 Å². The van der Waals surface area contributed by atoms with Gasteiger partial charge in [0, 0.05) is 19.2 Å². The third-order valence-corrected chi connectivity index (χ3v) is 3.18. The Morgan fingerprint density at radius 2 is 2.33 bits per heavy atom. The quantitative estimate of drug-likeness (QED) is 0.477. The second-order valence-electron chi connectivity index (χ2n) is 4.68. The summed E-state index contributed by atoms with van der Waals surface area (Å²) in [5.41, 5.74) is 6.71. The molecule has 1 saturated heterocycles. The van der Waals surface area contributed by atoms with Crippen molar-refractivity contribution in [3.63, 3.8) is 0 Å². The normalized spacial score (nSPS) is 20.8. The van der Waals surface area contributed by atoms with E-state index in [1.54, 1.807) is 12.1 Å². The average Bonchev–Trinajstić information content (AvgIpc) is 2.28. The molecule has 1 unspecified atom stereocenters. The Bertz CT molecular complexity index is 450. The first-order valence-corrected chi connectivity index (χ1v) is 5.99. The molecule has 18 heavy (non-hydrogen) atoms. The van der Waals surface area contributed by atoms with Gasteiger partial charge in [-0.3, -0.25) is 15.0 Å². The molecule has 1 aromatic rings. The van der Waals surface area contributed by atoms with Crippen molar-refractivity contribution < 1.29 is 10.0 Å². The number of piperidine rings is 1. The van der Waals surface area contributed by atoms with Gasteiger partial charge < -0.3 is 10.8 Å². The fourth-order valence-electron chi connectivity index (χ4n) is 2.30. The molecule has 0 spiro atoms. The molecule has 98 valence electrons. The molecule has 2 rings (SSSR count). The van der Waals surface area contributed by atoms with Gasteiger partial charge >= 0.3 is 0 Å². The number of likely N-dealkylation sites (tertiary alicyclic amines) is 1. The lowest BCUT2D eigenvalue weighted by Gasteiger charge is -2.29. The molecule has 6 heteroatoms. The molecule has 1 fully saturated rings. The highest BCUT2D eigenvalue weighted by Gasteiger charge is 2.18. The van der Waals surface area contributed by atoms with E-state index in [0.29, 0.717) is 13.1 Å². The number of β-amino-alcohol motifs (C(OH)–C–C–N with tert-alkyl or cyclic N) is 1. The van der Waals surface area contributed by atoms with Crippen LogP contribution in [0, 0.1) is 10.1 Å². The van der Waals surface area contributed by atoms with Gasteiger partial charge in [0.1, 0.15) is 5.69 Å². The molecule has 0 aliphatic carbocycles. The molecule has 0 saturated carbocycles. The first-order chi connectivity index (χ1) is 8.56. The number of rotatable bonds is 3. The smallest absolute Gasteiger partial charge is 0.292 e. The molecule has 0 aromatic heterocycles. The largest absolute Gasteiger partial charge is 0.393 e. The van der Waals surface area contributed by atoms with Crippen LogP contribution < -0.4 is 5.73 Å². The van der Waals surface area contributed by atoms with E-state index < -0.39 is 4.92 Å². The third-order valence-electron chi connectivity index (χ3n) is 3.18. The van der Waals surface area contributed by atoms with E-state index in [4.69, 9.17) is 5.73 Å². The van der Waals surface area contributed by atoms with Crippen molar-refractivity contribution in [1.29, 1.82) is 0 Å². The van der Waals surface area contributed by atoms with E-state index in [0.717, 1.165) is 24.9 Å². The molecule has 0 bridgehead atoms. The number of benzene rings is 1. The van der Waals surface area contributed by atoms with E-state index in [-0.39, 0.29) is 17.5 Å². The van der Waals surface area contributed by atoms with E-state index in [1.165, 1.54) is 6.07 Å². The maximum absolute atomic E-state index is 10.6. The summed E-state index contributed by atoms with van der Waals surface area (Å²) in [5.74, 6) is 0. The molecule has 1 aromatic carbocycles. The van der Waals surface area contributed by atoms with Crippen LogP contribution >= 0.6 is 0 Å². The monoisotopic (exact) mass is 251 g/mol. The van der Waals surface area contributed by atoms with Crippen molar-refractivity contribution in [3.8, 4) is 0 Å². The number of nitrogen functional groups attached to an aromatic ring is 1. The van der Waals surface area contributed by atoms with E-state index in [9.17, 15) is 15.2 Å². The first kappa shape index (κ1) is 12.8. The van der Waals surface area contributed by atoms with E-state index in [1.807, 2.05) is 0 Å². The van der Waals surface area contributed by atoms with Gasteiger partial charge in [-0.2, -0.15) is 0 Å². The second-order valence-corrected chi connectivity index (χ2v) is 4.68. The molecule has 1 aliphatic heterocycles. The highest BCUT2D eigenvalue weighted by atomic mass is 16.6. The van der Waals surface area contributed by atoms with Gasteiger partial charge in [-0.25, -0.2) is 0 Å². The number of nitro groups is 1. The van der Waals surface area contributed by atoms with Crippen molar-refractivity contribution in [2.45, 2.75) is 25.5 Å². The number of nitrogens with zero attached hydrogens (tertiary/aromatic N) is 2. The van der Waals surface area contributed by atoms with Crippen LogP contribution in [0.25, 0.3) is 0 Å². The van der Waals surface area contributed by atoms with Crippen molar-refractivity contribution in [3.05, 3.63) is 33.9 Å². The van der Waals surface area contributed by atoms with Gasteiger partial charge in [0.05, 0.1) is 11.0 Å². The number of nitrogens with two attached hydrogens (primary N) is 1. The number of nitro benzene ring substituents is 1. The van der Waals surface area contributed by atoms with E-state index >= 15 is 0 Å². The number of aliphatic hydroxyl groups excluding tert-OH is 1.